The van der Waals surface area contributed by atoms with Gasteiger partial charge in [-0.2, -0.15) is 0 Å². The SMILES string of the molecule is CC(C)CC(=O)c1ccc2cc(C(=O)NC(C)C)ccc2c1. The Kier molecular flexibility index (Phi) is 4.96. The molecule has 0 unspecified atom stereocenters. The second kappa shape index (κ2) is 6.73. The molecule has 2 rings (SSSR count). The van der Waals surface area contributed by atoms with E-state index in [-0.39, 0.29) is 17.7 Å². The largest absolute Gasteiger partial charge is 0.350 e. The van der Waals surface area contributed by atoms with Gasteiger partial charge in [0.05, 0.1) is 0 Å². The van der Waals surface area contributed by atoms with Gasteiger partial charge in [-0.3, -0.25) is 9.59 Å². The van der Waals surface area contributed by atoms with Crippen LogP contribution in [0.4, 0.5) is 0 Å². The first-order valence-electron chi connectivity index (χ1n) is 7.74. The molecule has 3 nitrogen and oxygen atoms in total. The Balaban J connectivity index is 2.29. The van der Waals surface area contributed by atoms with Gasteiger partial charge in [0, 0.05) is 23.6 Å². The molecule has 2 aromatic carbocycles. The number of benzene rings is 2. The van der Waals surface area contributed by atoms with Crippen LogP contribution in [0.5, 0.6) is 0 Å². The highest BCUT2D eigenvalue weighted by molar-refractivity contribution is 6.02. The van der Waals surface area contributed by atoms with Crippen LogP contribution in [0.15, 0.2) is 36.4 Å². The van der Waals surface area contributed by atoms with Crippen molar-refractivity contribution in [1.29, 1.82) is 0 Å². The van der Waals surface area contributed by atoms with Gasteiger partial charge in [0.2, 0.25) is 0 Å². The quantitative estimate of drug-likeness (QED) is 0.840. The van der Waals surface area contributed by atoms with E-state index >= 15 is 0 Å². The summed E-state index contributed by atoms with van der Waals surface area (Å²) in [5, 5.41) is 4.83. The molecule has 0 aliphatic rings. The molecule has 0 fully saturated rings. The van der Waals surface area contributed by atoms with Crippen LogP contribution in [0.3, 0.4) is 0 Å². The van der Waals surface area contributed by atoms with Gasteiger partial charge in [0.1, 0.15) is 0 Å². The van der Waals surface area contributed by atoms with Gasteiger partial charge in [0.25, 0.3) is 5.91 Å². The molecule has 0 saturated carbocycles. The molecule has 22 heavy (non-hydrogen) atoms. The van der Waals surface area contributed by atoms with Crippen molar-refractivity contribution in [2.75, 3.05) is 0 Å². The predicted molar refractivity (Wildman–Crippen MR) is 90.3 cm³/mol. The van der Waals surface area contributed by atoms with Crippen molar-refractivity contribution in [3.63, 3.8) is 0 Å². The monoisotopic (exact) mass is 297 g/mol. The number of nitrogens with one attached hydrogen (secondary N) is 1. The van der Waals surface area contributed by atoms with Gasteiger partial charge in [-0.1, -0.05) is 32.0 Å². The number of ketones is 1. The summed E-state index contributed by atoms with van der Waals surface area (Å²) in [5.74, 6) is 0.445. The number of Topliss-reactive ketones (excluding diaryl/α,β-unsaturated/α-hetero) is 1. The summed E-state index contributed by atoms with van der Waals surface area (Å²) in [7, 11) is 0. The third kappa shape index (κ3) is 3.94. The molecule has 0 aliphatic heterocycles. The van der Waals surface area contributed by atoms with Crippen molar-refractivity contribution in [3.8, 4) is 0 Å². The van der Waals surface area contributed by atoms with E-state index in [1.165, 1.54) is 0 Å². The molecule has 1 amide bonds. The van der Waals surface area contributed by atoms with Crippen molar-refractivity contribution in [2.24, 2.45) is 5.92 Å². The molecule has 2 aromatic rings. The number of hydrogen-bond donors (Lipinski definition) is 1. The molecule has 3 heteroatoms. The van der Waals surface area contributed by atoms with Crippen LogP contribution < -0.4 is 5.32 Å². The fourth-order valence-electron chi connectivity index (χ4n) is 2.39. The molecule has 0 radical (unpaired) electrons. The van der Waals surface area contributed by atoms with E-state index in [4.69, 9.17) is 0 Å². The first-order chi connectivity index (χ1) is 10.4. The molecule has 116 valence electrons. The Labute approximate surface area is 131 Å². The van der Waals surface area contributed by atoms with Gasteiger partial charge in [0.15, 0.2) is 5.78 Å². The number of hydrogen-bond acceptors (Lipinski definition) is 2. The molecule has 0 atom stereocenters. The standard InChI is InChI=1S/C19H23NO2/c1-12(2)9-18(21)16-7-5-15-11-17(8-6-14(15)10-16)19(22)20-13(3)4/h5-8,10-13H,9H2,1-4H3,(H,20,22). The Morgan fingerprint density at radius 3 is 2.00 bits per heavy atom. The minimum Gasteiger partial charge on any atom is -0.350 e. The summed E-state index contributed by atoms with van der Waals surface area (Å²) in [5.41, 5.74) is 1.38. The topological polar surface area (TPSA) is 46.2 Å². The molecule has 0 bridgehead atoms. The van der Waals surface area contributed by atoms with Crippen LogP contribution in [-0.2, 0) is 0 Å². The second-order valence-electron chi connectivity index (χ2n) is 6.43. The highest BCUT2D eigenvalue weighted by atomic mass is 16.1. The zero-order chi connectivity index (χ0) is 16.3. The Hall–Kier alpha value is -2.16. The lowest BCUT2D eigenvalue weighted by molar-refractivity contribution is 0.0940. The van der Waals surface area contributed by atoms with Crippen LogP contribution >= 0.6 is 0 Å². The maximum atomic E-state index is 12.1. The number of rotatable bonds is 5. The maximum absolute atomic E-state index is 12.1. The Bertz CT molecular complexity index is 640. The van der Waals surface area contributed by atoms with Crippen molar-refractivity contribution in [2.45, 2.75) is 40.2 Å². The molecular weight excluding hydrogens is 274 g/mol. The first kappa shape index (κ1) is 16.2. The fraction of sp³-hybridized carbons (Fsp3) is 0.368. The van der Waals surface area contributed by atoms with Gasteiger partial charge >= 0.3 is 0 Å². The summed E-state index contributed by atoms with van der Waals surface area (Å²) in [6.07, 6.45) is 0.556. The van der Waals surface area contributed by atoms with Gasteiger partial charge in [-0.15, -0.1) is 0 Å². The molecule has 0 aliphatic carbocycles. The van der Waals surface area contributed by atoms with Crippen molar-refractivity contribution in [1.82, 2.24) is 5.32 Å². The Morgan fingerprint density at radius 2 is 1.45 bits per heavy atom. The van der Waals surface area contributed by atoms with E-state index in [1.807, 2.05) is 58.0 Å². The van der Waals surface area contributed by atoms with E-state index in [1.54, 1.807) is 6.07 Å². The number of fused-ring (bicyclic) bond motifs is 1. The molecule has 0 heterocycles. The third-order valence-corrected chi connectivity index (χ3v) is 3.44. The normalized spacial score (nSPS) is 11.2. The summed E-state index contributed by atoms with van der Waals surface area (Å²) in [6, 6.07) is 11.3. The molecular formula is C19H23NO2. The summed E-state index contributed by atoms with van der Waals surface area (Å²) >= 11 is 0. The van der Waals surface area contributed by atoms with E-state index in [0.29, 0.717) is 17.9 Å². The van der Waals surface area contributed by atoms with Gasteiger partial charge in [-0.25, -0.2) is 0 Å². The van der Waals surface area contributed by atoms with Gasteiger partial charge < -0.3 is 5.32 Å². The molecule has 0 aromatic heterocycles. The number of amides is 1. The average Bonchev–Trinajstić information content (AvgIpc) is 2.44. The highest BCUT2D eigenvalue weighted by Crippen LogP contribution is 2.20. The minimum absolute atomic E-state index is 0.0724. The van der Waals surface area contributed by atoms with Crippen LogP contribution in [-0.4, -0.2) is 17.7 Å². The van der Waals surface area contributed by atoms with Gasteiger partial charge in [-0.05, 0) is 48.7 Å². The predicted octanol–water partition coefficient (Wildman–Crippen LogP) is 4.21. The highest BCUT2D eigenvalue weighted by Gasteiger charge is 2.11. The van der Waals surface area contributed by atoms with Crippen molar-refractivity contribution in [3.05, 3.63) is 47.5 Å². The smallest absolute Gasteiger partial charge is 0.251 e. The minimum atomic E-state index is -0.0724. The third-order valence-electron chi connectivity index (χ3n) is 3.44. The molecule has 0 spiro atoms. The lowest BCUT2D eigenvalue weighted by Crippen LogP contribution is -2.29. The first-order valence-corrected chi connectivity index (χ1v) is 7.74. The van der Waals surface area contributed by atoms with E-state index in [2.05, 4.69) is 5.32 Å². The Morgan fingerprint density at radius 1 is 0.909 bits per heavy atom. The fourth-order valence-corrected chi connectivity index (χ4v) is 2.39. The number of carbonyl (C=O) groups excluding carboxylic acids is 2. The summed E-state index contributed by atoms with van der Waals surface area (Å²) < 4.78 is 0. The van der Waals surface area contributed by atoms with E-state index in [0.717, 1.165) is 16.3 Å². The van der Waals surface area contributed by atoms with Crippen LogP contribution in [0.25, 0.3) is 10.8 Å². The lowest BCUT2D eigenvalue weighted by atomic mass is 9.98. The van der Waals surface area contributed by atoms with E-state index in [9.17, 15) is 9.59 Å². The summed E-state index contributed by atoms with van der Waals surface area (Å²) in [4.78, 5) is 24.2. The van der Waals surface area contributed by atoms with E-state index < -0.39 is 0 Å². The summed E-state index contributed by atoms with van der Waals surface area (Å²) in [6.45, 7) is 7.95. The maximum Gasteiger partial charge on any atom is 0.251 e. The lowest BCUT2D eigenvalue weighted by Gasteiger charge is -2.10. The molecule has 0 saturated heterocycles. The van der Waals surface area contributed by atoms with Crippen LogP contribution in [0.1, 0.15) is 54.8 Å². The molecule has 1 N–H and O–H groups in total. The van der Waals surface area contributed by atoms with Crippen LogP contribution in [0.2, 0.25) is 0 Å². The van der Waals surface area contributed by atoms with Crippen molar-refractivity contribution < 1.29 is 9.59 Å². The number of carbonyl (C=O) groups is 2. The zero-order valence-electron chi connectivity index (χ0n) is 13.6. The second-order valence-corrected chi connectivity index (χ2v) is 6.43. The zero-order valence-corrected chi connectivity index (χ0v) is 13.6. The van der Waals surface area contributed by atoms with Crippen LogP contribution in [0, 0.1) is 5.92 Å². The average molecular weight is 297 g/mol. The van der Waals surface area contributed by atoms with Crippen molar-refractivity contribution >= 4 is 22.5 Å².